The Morgan fingerprint density at radius 1 is 1.43 bits per heavy atom. The van der Waals surface area contributed by atoms with Gasteiger partial charge in [0.1, 0.15) is 0 Å². The first-order valence-electron chi connectivity index (χ1n) is 4.74. The molecule has 1 aromatic carbocycles. The Labute approximate surface area is 85.7 Å². The van der Waals surface area contributed by atoms with Crippen LogP contribution in [0, 0.1) is 18.3 Å². The van der Waals surface area contributed by atoms with Gasteiger partial charge in [0.05, 0.1) is 6.07 Å². The van der Waals surface area contributed by atoms with E-state index in [0.717, 1.165) is 5.57 Å². The number of benzene rings is 1. The zero-order valence-corrected chi connectivity index (χ0v) is 8.75. The van der Waals surface area contributed by atoms with E-state index < -0.39 is 0 Å². The predicted molar refractivity (Wildman–Crippen MR) is 59.0 cm³/mol. The number of nitriles is 1. The quantitative estimate of drug-likeness (QED) is 0.660. The highest BCUT2D eigenvalue weighted by Gasteiger charge is 2.10. The van der Waals surface area contributed by atoms with E-state index in [4.69, 9.17) is 5.26 Å². The van der Waals surface area contributed by atoms with Crippen LogP contribution < -0.4 is 0 Å². The van der Waals surface area contributed by atoms with Crippen LogP contribution >= 0.6 is 0 Å². The van der Waals surface area contributed by atoms with Crippen LogP contribution in [0.15, 0.2) is 36.4 Å². The van der Waals surface area contributed by atoms with Crippen LogP contribution in [-0.2, 0) is 0 Å². The van der Waals surface area contributed by atoms with Crippen LogP contribution in [0.5, 0.6) is 0 Å². The summed E-state index contributed by atoms with van der Waals surface area (Å²) < 4.78 is 0. The number of aryl methyl sites for hydroxylation is 1. The summed E-state index contributed by atoms with van der Waals surface area (Å²) in [5.74, 6) is 0.181. The van der Waals surface area contributed by atoms with Gasteiger partial charge in [0.25, 0.3) is 0 Å². The SMILES string of the molecule is C=C(C)C(CC#N)c1ccc(C)cc1. The molecule has 0 bridgehead atoms. The van der Waals surface area contributed by atoms with E-state index in [-0.39, 0.29) is 5.92 Å². The maximum atomic E-state index is 8.71. The van der Waals surface area contributed by atoms with E-state index in [0.29, 0.717) is 6.42 Å². The summed E-state index contributed by atoms with van der Waals surface area (Å²) in [5.41, 5.74) is 3.48. The monoisotopic (exact) mass is 185 g/mol. The predicted octanol–water partition coefficient (Wildman–Crippen LogP) is 3.57. The van der Waals surface area contributed by atoms with Gasteiger partial charge in [-0.3, -0.25) is 0 Å². The van der Waals surface area contributed by atoms with Gasteiger partial charge in [0.15, 0.2) is 0 Å². The fourth-order valence-electron chi connectivity index (χ4n) is 1.47. The first kappa shape index (κ1) is 10.5. The van der Waals surface area contributed by atoms with Crippen molar-refractivity contribution in [2.45, 2.75) is 26.2 Å². The molecule has 1 atom stereocenters. The fourth-order valence-corrected chi connectivity index (χ4v) is 1.47. The molecule has 0 heterocycles. The largest absolute Gasteiger partial charge is 0.198 e. The Bertz CT molecular complexity index is 354. The molecule has 0 saturated heterocycles. The van der Waals surface area contributed by atoms with Gasteiger partial charge in [-0.05, 0) is 19.4 Å². The molecule has 72 valence electrons. The molecule has 0 aliphatic heterocycles. The number of allylic oxidation sites excluding steroid dienone is 1. The Hall–Kier alpha value is -1.55. The number of rotatable bonds is 3. The third-order valence-corrected chi connectivity index (χ3v) is 2.37. The lowest BCUT2D eigenvalue weighted by atomic mass is 9.90. The summed E-state index contributed by atoms with van der Waals surface area (Å²) >= 11 is 0. The van der Waals surface area contributed by atoms with Gasteiger partial charge in [-0.2, -0.15) is 5.26 Å². The molecular weight excluding hydrogens is 170 g/mol. The van der Waals surface area contributed by atoms with Gasteiger partial charge in [-0.1, -0.05) is 42.0 Å². The molecule has 1 aromatic rings. The minimum atomic E-state index is 0.181. The minimum Gasteiger partial charge on any atom is -0.198 e. The van der Waals surface area contributed by atoms with E-state index in [1.807, 2.05) is 6.92 Å². The molecule has 0 spiro atoms. The third-order valence-electron chi connectivity index (χ3n) is 2.37. The van der Waals surface area contributed by atoms with Gasteiger partial charge in [0, 0.05) is 12.3 Å². The summed E-state index contributed by atoms with van der Waals surface area (Å²) in [6.07, 6.45) is 0.512. The van der Waals surface area contributed by atoms with Crippen LogP contribution in [-0.4, -0.2) is 0 Å². The van der Waals surface area contributed by atoms with Crippen molar-refractivity contribution < 1.29 is 0 Å². The van der Waals surface area contributed by atoms with Gasteiger partial charge in [-0.15, -0.1) is 0 Å². The molecule has 1 nitrogen and oxygen atoms in total. The van der Waals surface area contributed by atoms with Crippen molar-refractivity contribution in [1.29, 1.82) is 5.26 Å². The maximum absolute atomic E-state index is 8.71. The smallest absolute Gasteiger partial charge is 0.0631 e. The molecule has 0 amide bonds. The van der Waals surface area contributed by atoms with Gasteiger partial charge in [0.2, 0.25) is 0 Å². The normalized spacial score (nSPS) is 11.8. The van der Waals surface area contributed by atoms with E-state index >= 15 is 0 Å². The average molecular weight is 185 g/mol. The lowest BCUT2D eigenvalue weighted by molar-refractivity contribution is 0.819. The number of nitrogens with zero attached hydrogens (tertiary/aromatic N) is 1. The van der Waals surface area contributed by atoms with Gasteiger partial charge >= 0.3 is 0 Å². The summed E-state index contributed by atoms with van der Waals surface area (Å²) in [5, 5.41) is 8.71. The summed E-state index contributed by atoms with van der Waals surface area (Å²) in [6, 6.07) is 10.5. The highest BCUT2D eigenvalue weighted by molar-refractivity contribution is 5.30. The second kappa shape index (κ2) is 4.62. The number of hydrogen-bond donors (Lipinski definition) is 0. The standard InChI is InChI=1S/C13H15N/c1-10(2)13(8-9-14)12-6-4-11(3)5-7-12/h4-7,13H,1,8H2,2-3H3. The van der Waals surface area contributed by atoms with Crippen molar-refractivity contribution in [1.82, 2.24) is 0 Å². The molecule has 0 N–H and O–H groups in total. The minimum absolute atomic E-state index is 0.181. The zero-order chi connectivity index (χ0) is 10.6. The lowest BCUT2D eigenvalue weighted by Crippen LogP contribution is -1.98. The summed E-state index contributed by atoms with van der Waals surface area (Å²) in [7, 11) is 0. The van der Waals surface area contributed by atoms with Gasteiger partial charge < -0.3 is 0 Å². The molecule has 0 saturated carbocycles. The Balaban J connectivity index is 2.95. The van der Waals surface area contributed by atoms with Crippen molar-refractivity contribution >= 4 is 0 Å². The van der Waals surface area contributed by atoms with Crippen molar-refractivity contribution in [3.05, 3.63) is 47.5 Å². The van der Waals surface area contributed by atoms with Crippen molar-refractivity contribution in [3.8, 4) is 6.07 Å². The number of hydrogen-bond acceptors (Lipinski definition) is 1. The van der Waals surface area contributed by atoms with Crippen molar-refractivity contribution in [2.75, 3.05) is 0 Å². The molecule has 1 rings (SSSR count). The van der Waals surface area contributed by atoms with Crippen LogP contribution in [0.2, 0.25) is 0 Å². The molecular formula is C13H15N. The van der Waals surface area contributed by atoms with Gasteiger partial charge in [-0.25, -0.2) is 0 Å². The van der Waals surface area contributed by atoms with E-state index in [1.54, 1.807) is 0 Å². The lowest BCUT2D eigenvalue weighted by Gasteiger charge is -2.13. The molecule has 0 aliphatic rings. The zero-order valence-electron chi connectivity index (χ0n) is 8.75. The van der Waals surface area contributed by atoms with Crippen molar-refractivity contribution in [2.24, 2.45) is 0 Å². The molecule has 0 aliphatic carbocycles. The highest BCUT2D eigenvalue weighted by Crippen LogP contribution is 2.26. The van der Waals surface area contributed by atoms with Crippen LogP contribution in [0.25, 0.3) is 0 Å². The van der Waals surface area contributed by atoms with Crippen LogP contribution in [0.1, 0.15) is 30.4 Å². The first-order chi connectivity index (χ1) is 6.65. The van der Waals surface area contributed by atoms with E-state index in [9.17, 15) is 0 Å². The Morgan fingerprint density at radius 3 is 2.43 bits per heavy atom. The Morgan fingerprint density at radius 2 is 2.00 bits per heavy atom. The van der Waals surface area contributed by atoms with E-state index in [2.05, 4.69) is 43.8 Å². The van der Waals surface area contributed by atoms with Crippen LogP contribution in [0.3, 0.4) is 0 Å². The third kappa shape index (κ3) is 2.47. The molecule has 0 fully saturated rings. The highest BCUT2D eigenvalue weighted by atomic mass is 14.3. The summed E-state index contributed by atoms with van der Waals surface area (Å²) in [4.78, 5) is 0. The second-order valence-corrected chi connectivity index (χ2v) is 3.67. The second-order valence-electron chi connectivity index (χ2n) is 3.67. The average Bonchev–Trinajstić information content (AvgIpc) is 2.15. The van der Waals surface area contributed by atoms with Crippen LogP contribution in [0.4, 0.5) is 0 Å². The Kier molecular flexibility index (Phi) is 3.48. The van der Waals surface area contributed by atoms with Crippen molar-refractivity contribution in [3.63, 3.8) is 0 Å². The maximum Gasteiger partial charge on any atom is 0.0631 e. The molecule has 1 heteroatoms. The summed E-state index contributed by atoms with van der Waals surface area (Å²) in [6.45, 7) is 7.96. The van der Waals surface area contributed by atoms with E-state index in [1.165, 1.54) is 11.1 Å². The molecule has 14 heavy (non-hydrogen) atoms. The molecule has 0 radical (unpaired) electrons. The first-order valence-corrected chi connectivity index (χ1v) is 4.74. The topological polar surface area (TPSA) is 23.8 Å². The fraction of sp³-hybridized carbons (Fsp3) is 0.308. The molecule has 1 unspecified atom stereocenters. The molecule has 0 aromatic heterocycles.